The average molecular weight is 450 g/mol. The van der Waals surface area contributed by atoms with Gasteiger partial charge in [-0.3, -0.25) is 0 Å². The molecule has 0 aliphatic carbocycles. The van der Waals surface area contributed by atoms with E-state index in [1.165, 1.54) is 0 Å². The number of ether oxygens (including phenoxy) is 4. The number of aliphatic hydroxyl groups is 1. The predicted octanol–water partition coefficient (Wildman–Crippen LogP) is 3.33. The highest BCUT2D eigenvalue weighted by molar-refractivity contribution is 7.73. The second kappa shape index (κ2) is 9.80. The summed E-state index contributed by atoms with van der Waals surface area (Å²) >= 11 is 0. The Bertz CT molecular complexity index is 947. The summed E-state index contributed by atoms with van der Waals surface area (Å²) in [6.07, 6.45) is -2.79. The summed E-state index contributed by atoms with van der Waals surface area (Å²) in [4.78, 5) is 0. The van der Waals surface area contributed by atoms with Crippen LogP contribution in [-0.4, -0.2) is 49.1 Å². The van der Waals surface area contributed by atoms with Crippen molar-refractivity contribution in [3.63, 3.8) is 0 Å². The van der Waals surface area contributed by atoms with E-state index in [0.717, 1.165) is 16.2 Å². The molecule has 1 N–H and O–H groups in total. The van der Waals surface area contributed by atoms with Gasteiger partial charge in [-0.15, -0.1) is 0 Å². The van der Waals surface area contributed by atoms with Crippen LogP contribution in [0.2, 0.25) is 0 Å². The zero-order chi connectivity index (χ0) is 21.9. The third-order valence-electron chi connectivity index (χ3n) is 6.00. The summed E-state index contributed by atoms with van der Waals surface area (Å²) < 4.78 is 24.3. The van der Waals surface area contributed by atoms with E-state index in [0.29, 0.717) is 6.61 Å². The average Bonchev–Trinajstić information content (AvgIpc) is 2.87. The number of hydrogen-bond donors (Lipinski definition) is 1. The van der Waals surface area contributed by atoms with Crippen LogP contribution in [0, 0.1) is 0 Å². The molecule has 0 spiro atoms. The number of aliphatic hydroxyl groups excluding tert-OH is 1. The fraction of sp³-hybridized carbons (Fsp3) is 0.308. The normalized spacial score (nSPS) is 30.1. The van der Waals surface area contributed by atoms with E-state index in [1.54, 1.807) is 7.11 Å². The van der Waals surface area contributed by atoms with Gasteiger partial charge in [0.25, 0.3) is 0 Å². The van der Waals surface area contributed by atoms with Crippen molar-refractivity contribution in [1.29, 1.82) is 0 Å². The van der Waals surface area contributed by atoms with Crippen LogP contribution in [-0.2, 0) is 18.9 Å². The molecule has 1 unspecified atom stereocenters. The summed E-state index contributed by atoms with van der Waals surface area (Å²) in [5.74, 6) is 0. The molecule has 6 heteroatoms. The van der Waals surface area contributed by atoms with Crippen LogP contribution in [0.25, 0.3) is 0 Å². The van der Waals surface area contributed by atoms with Crippen molar-refractivity contribution in [3.8, 4) is 0 Å². The molecule has 3 aromatic carbocycles. The minimum atomic E-state index is -0.975. The van der Waals surface area contributed by atoms with Gasteiger partial charge in [0.2, 0.25) is 0 Å². The Balaban J connectivity index is 1.50. The van der Waals surface area contributed by atoms with Crippen LogP contribution in [0.3, 0.4) is 0 Å². The molecule has 166 valence electrons. The zero-order valence-corrected chi connectivity index (χ0v) is 18.8. The van der Waals surface area contributed by atoms with E-state index in [9.17, 15) is 5.11 Å². The van der Waals surface area contributed by atoms with Gasteiger partial charge in [-0.1, -0.05) is 91.0 Å². The number of rotatable bonds is 5. The highest BCUT2D eigenvalue weighted by Gasteiger charge is 2.52. The standard InChI is InChI=1S/C26H27O5P/c1-28-26-24(32(19-13-7-3-8-14-19)20-15-9-4-10-16-20)22(27)23-21(30-26)17-29-25(31-23)18-11-5-2-6-12-18/h2-16,21-27H,17H2,1H3/t21-,22-,23-,24+,25?,26+/m1/s1. The van der Waals surface area contributed by atoms with Crippen molar-refractivity contribution < 1.29 is 24.1 Å². The van der Waals surface area contributed by atoms with Crippen molar-refractivity contribution in [3.05, 3.63) is 96.6 Å². The van der Waals surface area contributed by atoms with Gasteiger partial charge in [0.05, 0.1) is 18.4 Å². The topological polar surface area (TPSA) is 57.2 Å². The van der Waals surface area contributed by atoms with E-state index in [1.807, 2.05) is 66.7 Å². The lowest BCUT2D eigenvalue weighted by molar-refractivity contribution is -0.332. The Hall–Kier alpha value is -2.11. The van der Waals surface area contributed by atoms with E-state index < -0.39 is 38.8 Å². The molecule has 5 nitrogen and oxygen atoms in total. The Labute approximate surface area is 189 Å². The van der Waals surface area contributed by atoms with Gasteiger partial charge < -0.3 is 24.1 Å². The maximum Gasteiger partial charge on any atom is 0.184 e. The third kappa shape index (κ3) is 4.25. The van der Waals surface area contributed by atoms with Gasteiger partial charge in [-0.05, 0) is 18.5 Å². The van der Waals surface area contributed by atoms with Crippen LogP contribution in [0.15, 0.2) is 91.0 Å². The van der Waals surface area contributed by atoms with Gasteiger partial charge in [0.1, 0.15) is 12.2 Å². The molecule has 0 bridgehead atoms. The van der Waals surface area contributed by atoms with Gasteiger partial charge in [0.15, 0.2) is 12.6 Å². The van der Waals surface area contributed by atoms with Gasteiger partial charge >= 0.3 is 0 Å². The Kier molecular flexibility index (Phi) is 6.65. The highest BCUT2D eigenvalue weighted by atomic mass is 31.1. The molecule has 0 saturated carbocycles. The monoisotopic (exact) mass is 450 g/mol. The lowest BCUT2D eigenvalue weighted by Gasteiger charge is -2.49. The maximum atomic E-state index is 11.7. The molecular weight excluding hydrogens is 423 g/mol. The number of fused-ring (bicyclic) bond motifs is 1. The molecule has 2 heterocycles. The Morgan fingerprint density at radius 1 is 0.812 bits per heavy atom. The lowest BCUT2D eigenvalue weighted by Crippen LogP contribution is -2.62. The predicted molar refractivity (Wildman–Crippen MR) is 125 cm³/mol. The largest absolute Gasteiger partial charge is 0.389 e. The van der Waals surface area contributed by atoms with Gasteiger partial charge in [0, 0.05) is 12.7 Å². The molecule has 2 saturated heterocycles. The van der Waals surface area contributed by atoms with Crippen LogP contribution >= 0.6 is 7.92 Å². The van der Waals surface area contributed by atoms with Gasteiger partial charge in [-0.2, -0.15) is 0 Å². The first-order valence-electron chi connectivity index (χ1n) is 10.8. The molecule has 2 aliphatic heterocycles. The van der Waals surface area contributed by atoms with E-state index in [4.69, 9.17) is 18.9 Å². The quantitative estimate of drug-likeness (QED) is 0.605. The highest BCUT2D eigenvalue weighted by Crippen LogP contribution is 2.48. The molecule has 6 atom stereocenters. The maximum absolute atomic E-state index is 11.7. The van der Waals surface area contributed by atoms with Crippen molar-refractivity contribution in [2.75, 3.05) is 13.7 Å². The second-order valence-electron chi connectivity index (χ2n) is 7.98. The van der Waals surface area contributed by atoms with Crippen LogP contribution < -0.4 is 10.6 Å². The summed E-state index contributed by atoms with van der Waals surface area (Å²) in [7, 11) is 0.655. The molecule has 32 heavy (non-hydrogen) atoms. The van der Waals surface area contributed by atoms with Crippen LogP contribution in [0.4, 0.5) is 0 Å². The van der Waals surface area contributed by atoms with Crippen molar-refractivity contribution >= 4 is 18.5 Å². The molecule has 5 rings (SSSR count). The lowest BCUT2D eigenvalue weighted by atomic mass is 9.99. The fourth-order valence-corrected chi connectivity index (χ4v) is 7.38. The van der Waals surface area contributed by atoms with Crippen molar-refractivity contribution in [2.45, 2.75) is 36.6 Å². The minimum absolute atomic E-state index is 0.296. The van der Waals surface area contributed by atoms with Gasteiger partial charge in [-0.25, -0.2) is 0 Å². The number of hydrogen-bond acceptors (Lipinski definition) is 5. The molecule has 0 aromatic heterocycles. The Morgan fingerprint density at radius 3 is 1.94 bits per heavy atom. The van der Waals surface area contributed by atoms with E-state index in [-0.39, 0.29) is 5.66 Å². The summed E-state index contributed by atoms with van der Waals surface area (Å²) in [6, 6.07) is 30.4. The molecule has 0 amide bonds. The number of benzene rings is 3. The Morgan fingerprint density at radius 2 is 1.38 bits per heavy atom. The van der Waals surface area contributed by atoms with Crippen LogP contribution in [0.1, 0.15) is 11.9 Å². The summed E-state index contributed by atoms with van der Waals surface area (Å²) in [6.45, 7) is 0.336. The number of methoxy groups -OCH3 is 1. The van der Waals surface area contributed by atoms with Crippen LogP contribution in [0.5, 0.6) is 0 Å². The fourth-order valence-electron chi connectivity index (χ4n) is 4.50. The molecule has 0 radical (unpaired) electrons. The van der Waals surface area contributed by atoms with Crippen molar-refractivity contribution in [2.24, 2.45) is 0 Å². The first-order valence-corrected chi connectivity index (χ1v) is 12.2. The smallest absolute Gasteiger partial charge is 0.184 e. The minimum Gasteiger partial charge on any atom is -0.389 e. The second-order valence-corrected chi connectivity index (χ2v) is 10.3. The summed E-state index contributed by atoms with van der Waals surface area (Å²) in [5, 5.41) is 14.0. The van der Waals surface area contributed by atoms with E-state index >= 15 is 0 Å². The SMILES string of the molecule is CO[C@H]1O[C@@H]2COC(c3ccccc3)O[C@H]2[C@@H](O)[C@@H]1P(c1ccccc1)c1ccccc1. The zero-order valence-electron chi connectivity index (χ0n) is 17.9. The molecule has 2 fully saturated rings. The first-order chi connectivity index (χ1) is 15.8. The molecule has 3 aromatic rings. The molecular formula is C26H27O5P. The summed E-state index contributed by atoms with van der Waals surface area (Å²) in [5.41, 5.74) is 0.632. The molecule has 2 aliphatic rings. The van der Waals surface area contributed by atoms with Crippen molar-refractivity contribution in [1.82, 2.24) is 0 Å². The third-order valence-corrected chi connectivity index (χ3v) is 8.86. The van der Waals surface area contributed by atoms with E-state index in [2.05, 4.69) is 24.3 Å². The first kappa shape index (κ1) is 21.7.